The normalized spacial score (nSPS) is 11.8. The Balaban J connectivity index is 1.82. The second-order valence-electron chi connectivity index (χ2n) is 5.97. The number of benzene rings is 3. The average Bonchev–Trinajstić information content (AvgIpc) is 2.70. The van der Waals surface area contributed by atoms with Crippen LogP contribution in [0.3, 0.4) is 0 Å². The first kappa shape index (κ1) is 19.5. The molecule has 0 N–H and O–H groups in total. The van der Waals surface area contributed by atoms with E-state index >= 15 is 0 Å². The predicted octanol–water partition coefficient (Wildman–Crippen LogP) is 6.59. The van der Waals surface area contributed by atoms with E-state index in [9.17, 15) is 9.18 Å². The third kappa shape index (κ3) is 5.34. The van der Waals surface area contributed by atoms with Crippen LogP contribution in [0.1, 0.15) is 27.6 Å². The maximum absolute atomic E-state index is 13.2. The van der Waals surface area contributed by atoms with Crippen LogP contribution >= 0.6 is 23.4 Å². The lowest BCUT2D eigenvalue weighted by Gasteiger charge is -2.17. The monoisotopic (exact) mass is 400 g/mol. The predicted molar refractivity (Wildman–Crippen MR) is 108 cm³/mol. The van der Waals surface area contributed by atoms with Crippen LogP contribution in [0.5, 0.6) is 5.75 Å². The molecule has 0 amide bonds. The fraction of sp³-hybridized carbons (Fsp3) is 0.136. The Bertz CT molecular complexity index is 893. The smallest absolute Gasteiger partial charge is 0.164 e. The molecular weight excluding hydrogens is 383 g/mol. The van der Waals surface area contributed by atoms with Gasteiger partial charge in [0.15, 0.2) is 5.78 Å². The summed E-state index contributed by atoms with van der Waals surface area (Å²) in [6.45, 7) is 0. The Labute approximate surface area is 167 Å². The van der Waals surface area contributed by atoms with E-state index in [1.54, 1.807) is 43.5 Å². The van der Waals surface area contributed by atoms with Crippen molar-refractivity contribution < 1.29 is 13.9 Å². The third-order valence-corrected chi connectivity index (χ3v) is 5.64. The highest BCUT2D eigenvalue weighted by Gasteiger charge is 2.19. The van der Waals surface area contributed by atoms with Crippen molar-refractivity contribution in [2.75, 3.05) is 7.11 Å². The first-order chi connectivity index (χ1) is 13.0. The third-order valence-electron chi connectivity index (χ3n) is 4.12. The number of Topliss-reactive ketones (excluding diaryl/α,β-unsaturated/α-hetero) is 1. The minimum Gasteiger partial charge on any atom is -0.497 e. The number of carbonyl (C=O) groups excluding carboxylic acids is 1. The molecule has 0 aliphatic rings. The number of methoxy groups -OCH3 is 1. The Hall–Kier alpha value is -2.30. The van der Waals surface area contributed by atoms with Gasteiger partial charge in [-0.2, -0.15) is 0 Å². The van der Waals surface area contributed by atoms with E-state index in [0.29, 0.717) is 22.8 Å². The van der Waals surface area contributed by atoms with Crippen LogP contribution in [-0.4, -0.2) is 12.9 Å². The molecule has 0 saturated heterocycles. The Morgan fingerprint density at radius 2 is 1.63 bits per heavy atom. The fourth-order valence-electron chi connectivity index (χ4n) is 2.65. The summed E-state index contributed by atoms with van der Waals surface area (Å²) in [5.74, 6) is 0.463. The summed E-state index contributed by atoms with van der Waals surface area (Å²) in [6.07, 6.45) is 0.315. The molecule has 0 saturated carbocycles. The highest BCUT2D eigenvalue weighted by molar-refractivity contribution is 7.99. The van der Waals surface area contributed by atoms with E-state index in [1.807, 2.05) is 24.3 Å². The van der Waals surface area contributed by atoms with E-state index in [0.717, 1.165) is 10.5 Å². The van der Waals surface area contributed by atoms with Crippen LogP contribution in [0.25, 0.3) is 0 Å². The number of hydrogen-bond donors (Lipinski definition) is 0. The molecule has 0 fully saturated rings. The lowest BCUT2D eigenvalue weighted by molar-refractivity contribution is 0.0982. The number of halogens is 2. The molecule has 0 spiro atoms. The molecule has 0 radical (unpaired) electrons. The lowest BCUT2D eigenvalue weighted by atomic mass is 10.0. The fourth-order valence-corrected chi connectivity index (χ4v) is 3.92. The molecule has 3 aromatic rings. The van der Waals surface area contributed by atoms with Crippen LogP contribution in [0.15, 0.2) is 77.7 Å². The van der Waals surface area contributed by atoms with Crippen molar-refractivity contribution in [2.45, 2.75) is 16.6 Å². The van der Waals surface area contributed by atoms with Gasteiger partial charge in [-0.25, -0.2) is 4.39 Å². The molecule has 2 nitrogen and oxygen atoms in total. The van der Waals surface area contributed by atoms with Crippen molar-refractivity contribution in [3.8, 4) is 5.75 Å². The zero-order valence-corrected chi connectivity index (χ0v) is 16.3. The van der Waals surface area contributed by atoms with Crippen LogP contribution in [0, 0.1) is 5.82 Å². The van der Waals surface area contributed by atoms with Crippen molar-refractivity contribution in [3.05, 3.63) is 94.8 Å². The summed E-state index contributed by atoms with van der Waals surface area (Å²) >= 11 is 7.53. The number of ether oxygens (including phenoxy) is 1. The Kier molecular flexibility index (Phi) is 6.54. The summed E-state index contributed by atoms with van der Waals surface area (Å²) in [7, 11) is 1.59. The van der Waals surface area contributed by atoms with Gasteiger partial charge in [0.05, 0.1) is 7.11 Å². The Morgan fingerprint density at radius 3 is 2.22 bits per heavy atom. The SMILES string of the molecule is COc1ccc(C(=O)C[C@H](Sc2ccc(F)cc2)c2ccc(Cl)cc2)cc1. The second kappa shape index (κ2) is 9.07. The van der Waals surface area contributed by atoms with E-state index in [2.05, 4.69) is 0 Å². The van der Waals surface area contributed by atoms with Gasteiger partial charge in [0, 0.05) is 27.2 Å². The molecule has 0 aliphatic carbocycles. The van der Waals surface area contributed by atoms with Gasteiger partial charge in [-0.15, -0.1) is 11.8 Å². The average molecular weight is 401 g/mol. The molecule has 1 atom stereocenters. The molecule has 0 aromatic heterocycles. The van der Waals surface area contributed by atoms with Crippen molar-refractivity contribution in [1.82, 2.24) is 0 Å². The Morgan fingerprint density at radius 1 is 1.00 bits per heavy atom. The molecule has 0 aliphatic heterocycles. The first-order valence-corrected chi connectivity index (χ1v) is 9.66. The molecule has 0 bridgehead atoms. The lowest BCUT2D eigenvalue weighted by Crippen LogP contribution is -2.05. The number of rotatable bonds is 7. The molecule has 27 heavy (non-hydrogen) atoms. The zero-order chi connectivity index (χ0) is 19.2. The molecule has 3 rings (SSSR count). The molecule has 0 unspecified atom stereocenters. The summed E-state index contributed by atoms with van der Waals surface area (Å²) in [4.78, 5) is 13.7. The van der Waals surface area contributed by atoms with Crippen molar-refractivity contribution in [2.24, 2.45) is 0 Å². The first-order valence-electron chi connectivity index (χ1n) is 8.40. The van der Waals surface area contributed by atoms with Crippen molar-refractivity contribution in [1.29, 1.82) is 0 Å². The molecular formula is C22H18ClFO2S. The van der Waals surface area contributed by atoms with Crippen molar-refractivity contribution in [3.63, 3.8) is 0 Å². The summed E-state index contributed by atoms with van der Waals surface area (Å²) in [6, 6.07) is 20.8. The number of thioether (sulfide) groups is 1. The van der Waals surface area contributed by atoms with E-state index < -0.39 is 0 Å². The topological polar surface area (TPSA) is 26.3 Å². The number of hydrogen-bond acceptors (Lipinski definition) is 3. The van der Waals surface area contributed by atoms with E-state index in [-0.39, 0.29) is 16.9 Å². The molecule has 5 heteroatoms. The van der Waals surface area contributed by atoms with Gasteiger partial charge in [-0.3, -0.25) is 4.79 Å². The van der Waals surface area contributed by atoms with Crippen LogP contribution < -0.4 is 4.74 Å². The van der Waals surface area contributed by atoms with Crippen LogP contribution in [0.4, 0.5) is 4.39 Å². The summed E-state index contributed by atoms with van der Waals surface area (Å²) < 4.78 is 18.3. The van der Waals surface area contributed by atoms with E-state index in [4.69, 9.17) is 16.3 Å². The van der Waals surface area contributed by atoms with Gasteiger partial charge in [-0.1, -0.05) is 23.7 Å². The maximum atomic E-state index is 13.2. The second-order valence-corrected chi connectivity index (χ2v) is 7.68. The van der Waals surface area contributed by atoms with Gasteiger partial charge in [0.25, 0.3) is 0 Å². The van der Waals surface area contributed by atoms with Gasteiger partial charge >= 0.3 is 0 Å². The van der Waals surface area contributed by atoms with E-state index in [1.165, 1.54) is 23.9 Å². The zero-order valence-electron chi connectivity index (χ0n) is 14.7. The van der Waals surface area contributed by atoms with Gasteiger partial charge in [0.1, 0.15) is 11.6 Å². The minimum atomic E-state index is -0.281. The molecule has 138 valence electrons. The minimum absolute atomic E-state index is 0.0345. The molecule has 0 heterocycles. The number of carbonyl (C=O) groups is 1. The van der Waals surface area contributed by atoms with Gasteiger partial charge in [0.2, 0.25) is 0 Å². The quantitative estimate of drug-likeness (QED) is 0.330. The van der Waals surface area contributed by atoms with Crippen molar-refractivity contribution >= 4 is 29.1 Å². The van der Waals surface area contributed by atoms with Gasteiger partial charge < -0.3 is 4.74 Å². The highest BCUT2D eigenvalue weighted by atomic mass is 35.5. The van der Waals surface area contributed by atoms with Crippen LogP contribution in [-0.2, 0) is 0 Å². The standard InChI is InChI=1S/C22H18ClFO2S/c1-26-19-10-4-15(5-11-19)21(25)14-22(16-2-6-17(23)7-3-16)27-20-12-8-18(24)9-13-20/h2-13,22H,14H2,1H3/t22-/m0/s1. The largest absolute Gasteiger partial charge is 0.497 e. The highest BCUT2D eigenvalue weighted by Crippen LogP contribution is 2.39. The summed E-state index contributed by atoms with van der Waals surface area (Å²) in [5, 5.41) is 0.535. The molecule has 3 aromatic carbocycles. The number of ketones is 1. The van der Waals surface area contributed by atoms with Crippen LogP contribution in [0.2, 0.25) is 5.02 Å². The summed E-state index contributed by atoms with van der Waals surface area (Å²) in [5.41, 5.74) is 1.63. The maximum Gasteiger partial charge on any atom is 0.164 e. The van der Waals surface area contributed by atoms with Gasteiger partial charge in [-0.05, 0) is 66.2 Å².